The number of hydrogen-bond acceptors (Lipinski definition) is 5. The summed E-state index contributed by atoms with van der Waals surface area (Å²) in [6.07, 6.45) is 19.8. The Hall–Kier alpha value is -1.99. The van der Waals surface area contributed by atoms with E-state index in [0.717, 1.165) is 31.3 Å². The van der Waals surface area contributed by atoms with E-state index in [1.807, 2.05) is 6.08 Å². The van der Waals surface area contributed by atoms with Crippen molar-refractivity contribution in [2.45, 2.75) is 108 Å². The van der Waals surface area contributed by atoms with Crippen LogP contribution in [0.1, 0.15) is 65.2 Å². The molecule has 2 bridgehead atoms. The molecule has 4 rings (SSSR count). The van der Waals surface area contributed by atoms with Gasteiger partial charge in [0.05, 0.1) is 37.1 Å². The number of rotatable bonds is 3. The highest BCUT2D eigenvalue weighted by molar-refractivity contribution is 5.87. The van der Waals surface area contributed by atoms with Crippen molar-refractivity contribution in [1.82, 2.24) is 5.32 Å². The van der Waals surface area contributed by atoms with Gasteiger partial charge < -0.3 is 24.6 Å². The van der Waals surface area contributed by atoms with E-state index in [0.29, 0.717) is 38.2 Å². The molecular weight excluding hydrogens is 454 g/mol. The van der Waals surface area contributed by atoms with Gasteiger partial charge in [-0.1, -0.05) is 61.1 Å². The maximum Gasteiger partial charge on any atom is 0.243 e. The molecule has 0 saturated carbocycles. The zero-order chi connectivity index (χ0) is 25.5. The van der Waals surface area contributed by atoms with Gasteiger partial charge in [0.25, 0.3) is 0 Å². The zero-order valence-corrected chi connectivity index (χ0v) is 21.8. The Morgan fingerprint density at radius 2 is 2.03 bits per heavy atom. The van der Waals surface area contributed by atoms with Crippen molar-refractivity contribution in [3.8, 4) is 0 Å². The average molecular weight is 498 g/mol. The van der Waals surface area contributed by atoms with E-state index in [-0.39, 0.29) is 42.5 Å². The van der Waals surface area contributed by atoms with E-state index >= 15 is 0 Å². The van der Waals surface area contributed by atoms with Crippen LogP contribution in [0, 0.1) is 5.92 Å². The lowest BCUT2D eigenvalue weighted by Crippen LogP contribution is -2.35. The fourth-order valence-corrected chi connectivity index (χ4v) is 5.57. The van der Waals surface area contributed by atoms with Crippen LogP contribution in [0.2, 0.25) is 0 Å². The predicted octanol–water partition coefficient (Wildman–Crippen LogP) is 4.71. The lowest BCUT2D eigenvalue weighted by molar-refractivity contribution is -0.117. The highest BCUT2D eigenvalue weighted by Crippen LogP contribution is 2.34. The molecule has 4 aliphatic heterocycles. The SMILES string of the molecule is C=C1C[C@H](C)C[C@@H]2CC=C[C@@H](C/C=C\C(=O)N[C@H](C/C=C/[C@@H]3CC(C)=CCO3)C[C@H]3O[C@H]3[C@@H](O)C1)O2. The van der Waals surface area contributed by atoms with E-state index < -0.39 is 6.10 Å². The number of aliphatic hydroxyl groups is 1. The number of ether oxygens (including phenoxy) is 3. The van der Waals surface area contributed by atoms with Crippen molar-refractivity contribution in [3.63, 3.8) is 0 Å². The van der Waals surface area contributed by atoms with Crippen LogP contribution in [0.3, 0.4) is 0 Å². The van der Waals surface area contributed by atoms with Crippen LogP contribution in [0.5, 0.6) is 0 Å². The van der Waals surface area contributed by atoms with Crippen LogP contribution in [-0.2, 0) is 19.0 Å². The summed E-state index contributed by atoms with van der Waals surface area (Å²) in [5.74, 6) is 0.319. The molecule has 6 nitrogen and oxygen atoms in total. The number of fused-ring (bicyclic) bond motifs is 3. The number of epoxide rings is 1. The molecule has 0 aromatic carbocycles. The largest absolute Gasteiger partial charge is 0.390 e. The minimum absolute atomic E-state index is 0.00346. The first-order valence-electron chi connectivity index (χ1n) is 13.6. The summed E-state index contributed by atoms with van der Waals surface area (Å²) in [4.78, 5) is 12.7. The Balaban J connectivity index is 1.40. The molecule has 36 heavy (non-hydrogen) atoms. The summed E-state index contributed by atoms with van der Waals surface area (Å²) in [5.41, 5.74) is 2.40. The Morgan fingerprint density at radius 1 is 1.17 bits per heavy atom. The Kier molecular flexibility index (Phi) is 9.77. The smallest absolute Gasteiger partial charge is 0.243 e. The third-order valence-electron chi connectivity index (χ3n) is 7.46. The van der Waals surface area contributed by atoms with Gasteiger partial charge in [0.15, 0.2) is 0 Å². The molecular formula is C30H43NO5. The molecule has 0 aromatic heterocycles. The average Bonchev–Trinajstić information content (AvgIpc) is 3.58. The molecule has 0 unspecified atom stereocenters. The number of nitrogens with one attached hydrogen (secondary N) is 1. The summed E-state index contributed by atoms with van der Waals surface area (Å²) < 4.78 is 17.9. The van der Waals surface area contributed by atoms with Crippen LogP contribution in [0.4, 0.5) is 0 Å². The van der Waals surface area contributed by atoms with Gasteiger partial charge in [-0.05, 0) is 70.3 Å². The summed E-state index contributed by atoms with van der Waals surface area (Å²) in [6, 6.07) is -0.0851. The van der Waals surface area contributed by atoms with Gasteiger partial charge in [-0.2, -0.15) is 0 Å². The topological polar surface area (TPSA) is 80.3 Å². The fourth-order valence-electron chi connectivity index (χ4n) is 5.57. The van der Waals surface area contributed by atoms with Gasteiger partial charge >= 0.3 is 0 Å². The van der Waals surface area contributed by atoms with E-state index in [9.17, 15) is 9.90 Å². The molecule has 198 valence electrons. The minimum Gasteiger partial charge on any atom is -0.390 e. The first-order valence-corrected chi connectivity index (χ1v) is 13.6. The van der Waals surface area contributed by atoms with Gasteiger partial charge in [-0.3, -0.25) is 4.79 Å². The van der Waals surface area contributed by atoms with Gasteiger partial charge in [0.1, 0.15) is 6.10 Å². The summed E-state index contributed by atoms with van der Waals surface area (Å²) in [7, 11) is 0. The molecule has 0 spiro atoms. The van der Waals surface area contributed by atoms with E-state index in [1.54, 1.807) is 6.08 Å². The third kappa shape index (κ3) is 8.55. The molecule has 1 amide bonds. The van der Waals surface area contributed by atoms with Gasteiger partial charge in [0, 0.05) is 6.04 Å². The monoisotopic (exact) mass is 497 g/mol. The summed E-state index contributed by atoms with van der Waals surface area (Å²) in [5, 5.41) is 13.9. The molecule has 4 heterocycles. The Bertz CT molecular complexity index is 890. The van der Waals surface area contributed by atoms with E-state index in [1.165, 1.54) is 5.57 Å². The second-order valence-corrected chi connectivity index (χ2v) is 11.0. The molecule has 1 fully saturated rings. The zero-order valence-electron chi connectivity index (χ0n) is 21.8. The van der Waals surface area contributed by atoms with Crippen LogP contribution in [0.25, 0.3) is 0 Å². The number of carbonyl (C=O) groups is 1. The Morgan fingerprint density at radius 3 is 2.86 bits per heavy atom. The number of hydrogen-bond donors (Lipinski definition) is 2. The normalized spacial score (nSPS) is 39.5. The lowest BCUT2D eigenvalue weighted by atomic mass is 9.91. The van der Waals surface area contributed by atoms with Crippen LogP contribution in [0.15, 0.2) is 60.3 Å². The first-order chi connectivity index (χ1) is 17.4. The maximum absolute atomic E-state index is 12.7. The fraction of sp³-hybridized carbons (Fsp3) is 0.633. The number of carbonyl (C=O) groups excluding carboxylic acids is 1. The molecule has 2 N–H and O–H groups in total. The molecule has 1 saturated heterocycles. The van der Waals surface area contributed by atoms with Gasteiger partial charge in [-0.25, -0.2) is 0 Å². The minimum atomic E-state index is -0.566. The highest BCUT2D eigenvalue weighted by atomic mass is 16.6. The van der Waals surface area contributed by atoms with Crippen LogP contribution < -0.4 is 5.32 Å². The van der Waals surface area contributed by atoms with E-state index in [2.05, 4.69) is 56.1 Å². The third-order valence-corrected chi connectivity index (χ3v) is 7.46. The second-order valence-electron chi connectivity index (χ2n) is 11.0. The van der Waals surface area contributed by atoms with E-state index in [4.69, 9.17) is 14.2 Å². The molecule has 0 aliphatic carbocycles. The molecule has 0 radical (unpaired) electrons. The lowest BCUT2D eigenvalue weighted by Gasteiger charge is -2.28. The molecule has 4 aliphatic rings. The van der Waals surface area contributed by atoms with Crippen molar-refractivity contribution in [2.24, 2.45) is 5.92 Å². The highest BCUT2D eigenvalue weighted by Gasteiger charge is 2.45. The van der Waals surface area contributed by atoms with Crippen molar-refractivity contribution < 1.29 is 24.1 Å². The van der Waals surface area contributed by atoms with Crippen molar-refractivity contribution >= 4 is 5.91 Å². The second kappa shape index (κ2) is 13.0. The quantitative estimate of drug-likeness (QED) is 0.436. The standard InChI is InChI=1S/C30H43NO5/c1-20-13-14-34-25(16-20)10-4-7-23-19-28-30(36-28)27(32)18-22(3)15-21(2)17-26-11-5-8-24(35-26)9-6-12-29(33)31-23/h4-6,8,10,12-13,21,23-28,30,32H,3,7,9,11,14-19H2,1-2H3,(H,31,33)/b10-4+,12-6-/t21-,23+,24-,25+,26-,27-,28+,30-/m0/s1. The van der Waals surface area contributed by atoms with Crippen molar-refractivity contribution in [2.75, 3.05) is 6.61 Å². The summed E-state index contributed by atoms with van der Waals surface area (Å²) >= 11 is 0. The Labute approximate surface area is 216 Å². The number of amides is 1. The molecule has 0 aromatic rings. The molecule has 8 atom stereocenters. The van der Waals surface area contributed by atoms with Crippen LogP contribution >= 0.6 is 0 Å². The van der Waals surface area contributed by atoms with Gasteiger partial charge in [-0.15, -0.1) is 0 Å². The summed E-state index contributed by atoms with van der Waals surface area (Å²) in [6.45, 7) is 9.23. The number of aliphatic hydroxyl groups excluding tert-OH is 1. The predicted molar refractivity (Wildman–Crippen MR) is 141 cm³/mol. The molecule has 6 heteroatoms. The first kappa shape index (κ1) is 27.1. The van der Waals surface area contributed by atoms with Gasteiger partial charge in [0.2, 0.25) is 5.91 Å². The maximum atomic E-state index is 12.7. The van der Waals surface area contributed by atoms with Crippen LogP contribution in [-0.4, -0.2) is 60.3 Å². The van der Waals surface area contributed by atoms with Crippen molar-refractivity contribution in [3.05, 3.63) is 60.3 Å². The van der Waals surface area contributed by atoms with Crippen molar-refractivity contribution in [1.29, 1.82) is 0 Å².